The van der Waals surface area contributed by atoms with Crippen molar-refractivity contribution in [2.45, 2.75) is 50.4 Å². The van der Waals surface area contributed by atoms with E-state index in [1.165, 1.54) is 24.6 Å². The Morgan fingerprint density at radius 3 is 2.71 bits per heavy atom. The van der Waals surface area contributed by atoms with Gasteiger partial charge in [0.1, 0.15) is 5.82 Å². The van der Waals surface area contributed by atoms with E-state index in [0.29, 0.717) is 11.8 Å². The Balaban J connectivity index is 1.57. The van der Waals surface area contributed by atoms with Gasteiger partial charge >= 0.3 is 0 Å². The van der Waals surface area contributed by atoms with Gasteiger partial charge < -0.3 is 9.88 Å². The number of hydrogen-bond acceptors (Lipinski definition) is 4. The van der Waals surface area contributed by atoms with Crippen molar-refractivity contribution in [1.82, 2.24) is 20.1 Å². The fraction of sp³-hybridized carbons (Fsp3) is 0.471. The molecule has 1 aromatic heterocycles. The molecular weight excluding hydrogens is 388 g/mol. The molecule has 3 rings (SSSR count). The van der Waals surface area contributed by atoms with Gasteiger partial charge in [-0.3, -0.25) is 4.79 Å². The first-order valence-corrected chi connectivity index (χ1v) is 9.95. The SMILES string of the molecule is CC[C@@H](NC(=O)CSc1nnc(C)n1C1CC1)c1ccc(Br)cc1. The van der Waals surface area contributed by atoms with Gasteiger partial charge in [0.15, 0.2) is 5.16 Å². The van der Waals surface area contributed by atoms with E-state index in [9.17, 15) is 4.79 Å². The smallest absolute Gasteiger partial charge is 0.230 e. The molecule has 1 aliphatic carbocycles. The molecule has 24 heavy (non-hydrogen) atoms. The zero-order valence-corrected chi connectivity index (χ0v) is 16.2. The normalized spacial score (nSPS) is 15.3. The van der Waals surface area contributed by atoms with Crippen molar-refractivity contribution in [3.63, 3.8) is 0 Å². The lowest BCUT2D eigenvalue weighted by atomic mass is 10.0. The molecule has 1 aromatic carbocycles. The van der Waals surface area contributed by atoms with Crippen molar-refractivity contribution in [2.24, 2.45) is 0 Å². The highest BCUT2D eigenvalue weighted by atomic mass is 79.9. The van der Waals surface area contributed by atoms with Crippen LogP contribution in [-0.2, 0) is 4.79 Å². The van der Waals surface area contributed by atoms with Crippen LogP contribution in [-0.4, -0.2) is 26.4 Å². The molecule has 0 bridgehead atoms. The molecule has 128 valence electrons. The summed E-state index contributed by atoms with van der Waals surface area (Å²) >= 11 is 4.90. The standard InChI is InChI=1S/C17H21BrN4OS/c1-3-15(12-4-6-13(18)7-5-12)19-16(23)10-24-17-21-20-11(2)22(17)14-8-9-14/h4-7,14-15H,3,8-10H2,1-2H3,(H,19,23)/t15-/m1/s1. The van der Waals surface area contributed by atoms with Crippen molar-refractivity contribution in [1.29, 1.82) is 0 Å². The van der Waals surface area contributed by atoms with Crippen LogP contribution in [0.3, 0.4) is 0 Å². The van der Waals surface area contributed by atoms with E-state index >= 15 is 0 Å². The largest absolute Gasteiger partial charge is 0.349 e. The van der Waals surface area contributed by atoms with Gasteiger partial charge in [0, 0.05) is 10.5 Å². The van der Waals surface area contributed by atoms with E-state index in [1.807, 2.05) is 31.2 Å². The van der Waals surface area contributed by atoms with Gasteiger partial charge in [0.25, 0.3) is 0 Å². The Hall–Kier alpha value is -1.34. The minimum Gasteiger partial charge on any atom is -0.349 e. The Morgan fingerprint density at radius 2 is 2.08 bits per heavy atom. The van der Waals surface area contributed by atoms with Crippen LogP contribution in [0.4, 0.5) is 0 Å². The predicted octanol–water partition coefficient (Wildman–Crippen LogP) is 4.04. The van der Waals surface area contributed by atoms with Crippen molar-refractivity contribution >= 4 is 33.6 Å². The van der Waals surface area contributed by atoms with Crippen LogP contribution in [0.5, 0.6) is 0 Å². The Kier molecular flexibility index (Phi) is 5.61. The fourth-order valence-corrected chi connectivity index (χ4v) is 3.81. The molecule has 7 heteroatoms. The second kappa shape index (κ2) is 7.70. The maximum absolute atomic E-state index is 12.3. The number of aromatic nitrogens is 3. The number of hydrogen-bond donors (Lipinski definition) is 1. The first-order chi connectivity index (χ1) is 11.6. The summed E-state index contributed by atoms with van der Waals surface area (Å²) < 4.78 is 3.20. The van der Waals surface area contributed by atoms with E-state index in [4.69, 9.17) is 0 Å². The van der Waals surface area contributed by atoms with Gasteiger partial charge in [-0.1, -0.05) is 46.7 Å². The lowest BCUT2D eigenvalue weighted by Crippen LogP contribution is -2.29. The number of carbonyl (C=O) groups is 1. The van der Waals surface area contributed by atoms with Gasteiger partial charge in [0.2, 0.25) is 5.91 Å². The predicted molar refractivity (Wildman–Crippen MR) is 99.1 cm³/mol. The van der Waals surface area contributed by atoms with Crippen molar-refractivity contribution in [2.75, 3.05) is 5.75 Å². The van der Waals surface area contributed by atoms with Crippen LogP contribution in [0.15, 0.2) is 33.9 Å². The lowest BCUT2D eigenvalue weighted by molar-refractivity contribution is -0.119. The summed E-state index contributed by atoms with van der Waals surface area (Å²) in [5.74, 6) is 1.32. The third-order valence-electron chi connectivity index (χ3n) is 4.10. The highest BCUT2D eigenvalue weighted by Gasteiger charge is 2.28. The number of rotatable bonds is 7. The molecule has 1 N–H and O–H groups in total. The number of nitrogens with zero attached hydrogens (tertiary/aromatic N) is 3. The topological polar surface area (TPSA) is 59.8 Å². The maximum Gasteiger partial charge on any atom is 0.230 e. The molecule has 0 unspecified atom stereocenters. The third kappa shape index (κ3) is 4.19. The second-order valence-electron chi connectivity index (χ2n) is 6.00. The number of amides is 1. The van der Waals surface area contributed by atoms with E-state index in [1.54, 1.807) is 0 Å². The minimum atomic E-state index is 0.0257. The fourth-order valence-electron chi connectivity index (χ4n) is 2.68. The highest BCUT2D eigenvalue weighted by Crippen LogP contribution is 2.38. The van der Waals surface area contributed by atoms with E-state index < -0.39 is 0 Å². The summed E-state index contributed by atoms with van der Waals surface area (Å²) in [7, 11) is 0. The van der Waals surface area contributed by atoms with Crippen LogP contribution in [0.25, 0.3) is 0 Å². The molecule has 0 spiro atoms. The van der Waals surface area contributed by atoms with Gasteiger partial charge in [0.05, 0.1) is 11.8 Å². The average molecular weight is 409 g/mol. The summed E-state index contributed by atoms with van der Waals surface area (Å²) in [4.78, 5) is 12.3. The van der Waals surface area contributed by atoms with Gasteiger partial charge in [-0.25, -0.2) is 0 Å². The lowest BCUT2D eigenvalue weighted by Gasteiger charge is -2.17. The van der Waals surface area contributed by atoms with Crippen LogP contribution in [0, 0.1) is 6.92 Å². The molecule has 1 atom stereocenters. The monoisotopic (exact) mass is 408 g/mol. The molecule has 2 aromatic rings. The summed E-state index contributed by atoms with van der Waals surface area (Å²) in [6.45, 7) is 4.04. The van der Waals surface area contributed by atoms with Gasteiger partial charge in [-0.15, -0.1) is 10.2 Å². The number of halogens is 1. The van der Waals surface area contributed by atoms with E-state index in [-0.39, 0.29) is 11.9 Å². The van der Waals surface area contributed by atoms with E-state index in [0.717, 1.165) is 27.4 Å². The van der Waals surface area contributed by atoms with Crippen molar-refractivity contribution in [3.8, 4) is 0 Å². The zero-order valence-electron chi connectivity index (χ0n) is 13.8. The Labute approximate surface area is 154 Å². The molecule has 0 radical (unpaired) electrons. The average Bonchev–Trinajstić information content (AvgIpc) is 3.34. The number of thioether (sulfide) groups is 1. The first-order valence-electron chi connectivity index (χ1n) is 8.17. The molecular formula is C17H21BrN4OS. The Morgan fingerprint density at radius 1 is 1.38 bits per heavy atom. The molecule has 5 nitrogen and oxygen atoms in total. The summed E-state index contributed by atoms with van der Waals surface area (Å²) in [5, 5.41) is 12.3. The summed E-state index contributed by atoms with van der Waals surface area (Å²) in [5.41, 5.74) is 1.12. The number of carbonyl (C=O) groups excluding carboxylic acids is 1. The summed E-state index contributed by atoms with van der Waals surface area (Å²) in [6.07, 6.45) is 3.22. The van der Waals surface area contributed by atoms with Crippen LogP contribution < -0.4 is 5.32 Å². The van der Waals surface area contributed by atoms with Gasteiger partial charge in [-0.2, -0.15) is 0 Å². The van der Waals surface area contributed by atoms with Crippen LogP contribution >= 0.6 is 27.7 Å². The first kappa shape index (κ1) is 17.5. The molecule has 1 saturated carbocycles. The highest BCUT2D eigenvalue weighted by molar-refractivity contribution is 9.10. The minimum absolute atomic E-state index is 0.0257. The van der Waals surface area contributed by atoms with E-state index in [2.05, 4.69) is 42.9 Å². The maximum atomic E-state index is 12.3. The Bertz CT molecular complexity index is 712. The van der Waals surface area contributed by atoms with Crippen molar-refractivity contribution in [3.05, 3.63) is 40.1 Å². The molecule has 0 aliphatic heterocycles. The number of aryl methyl sites for hydroxylation is 1. The zero-order chi connectivity index (χ0) is 17.1. The summed E-state index contributed by atoms with van der Waals surface area (Å²) in [6, 6.07) is 8.64. The van der Waals surface area contributed by atoms with Gasteiger partial charge in [-0.05, 0) is 43.9 Å². The molecule has 1 heterocycles. The van der Waals surface area contributed by atoms with Crippen molar-refractivity contribution < 1.29 is 4.79 Å². The molecule has 0 saturated heterocycles. The second-order valence-corrected chi connectivity index (χ2v) is 7.86. The number of benzene rings is 1. The molecule has 1 amide bonds. The third-order valence-corrected chi connectivity index (χ3v) is 5.57. The quantitative estimate of drug-likeness (QED) is 0.702. The van der Waals surface area contributed by atoms with Crippen LogP contribution in [0.2, 0.25) is 0 Å². The molecule has 1 aliphatic rings. The molecule has 1 fully saturated rings. The number of nitrogens with one attached hydrogen (secondary N) is 1. The van der Waals surface area contributed by atoms with Crippen LogP contribution in [0.1, 0.15) is 49.7 Å².